The summed E-state index contributed by atoms with van der Waals surface area (Å²) >= 11 is 0. The zero-order chi connectivity index (χ0) is 11.8. The van der Waals surface area contributed by atoms with Crippen molar-refractivity contribution in [1.29, 1.82) is 0 Å². The van der Waals surface area contributed by atoms with E-state index >= 15 is 0 Å². The molecule has 1 aromatic heterocycles. The molecule has 1 heterocycles. The van der Waals surface area contributed by atoms with Crippen molar-refractivity contribution in [3.8, 4) is 0 Å². The van der Waals surface area contributed by atoms with E-state index in [1.54, 1.807) is 0 Å². The Labute approximate surface area is 102 Å². The molecular formula is C16H17N. The van der Waals surface area contributed by atoms with Crippen LogP contribution in [0.3, 0.4) is 0 Å². The van der Waals surface area contributed by atoms with Gasteiger partial charge in [-0.1, -0.05) is 43.3 Å². The summed E-state index contributed by atoms with van der Waals surface area (Å²) < 4.78 is 2.46. The SMILES string of the molecule is CCC(C)n1c2ccccc2c2ccccc21. The van der Waals surface area contributed by atoms with Crippen molar-refractivity contribution in [3.05, 3.63) is 48.5 Å². The summed E-state index contributed by atoms with van der Waals surface area (Å²) in [7, 11) is 0. The first-order valence-corrected chi connectivity index (χ1v) is 6.30. The largest absolute Gasteiger partial charge is 0.338 e. The highest BCUT2D eigenvalue weighted by Gasteiger charge is 2.12. The summed E-state index contributed by atoms with van der Waals surface area (Å²) in [5, 5.41) is 2.73. The van der Waals surface area contributed by atoms with Gasteiger partial charge in [0.05, 0.1) is 0 Å². The van der Waals surface area contributed by atoms with Crippen molar-refractivity contribution in [1.82, 2.24) is 4.57 Å². The minimum Gasteiger partial charge on any atom is -0.338 e. The van der Waals surface area contributed by atoms with Gasteiger partial charge in [-0.3, -0.25) is 0 Å². The predicted molar refractivity (Wildman–Crippen MR) is 74.4 cm³/mol. The predicted octanol–water partition coefficient (Wildman–Crippen LogP) is 4.77. The zero-order valence-electron chi connectivity index (χ0n) is 10.4. The number of aromatic nitrogens is 1. The summed E-state index contributed by atoms with van der Waals surface area (Å²) in [6, 6.07) is 17.9. The number of nitrogens with zero attached hydrogens (tertiary/aromatic N) is 1. The normalized spacial score (nSPS) is 13.3. The maximum atomic E-state index is 2.46. The van der Waals surface area contributed by atoms with Crippen molar-refractivity contribution < 1.29 is 0 Å². The van der Waals surface area contributed by atoms with Crippen LogP contribution < -0.4 is 0 Å². The second-order valence-corrected chi connectivity index (χ2v) is 4.66. The third-order valence-electron chi connectivity index (χ3n) is 3.65. The van der Waals surface area contributed by atoms with Crippen LogP contribution in [0.5, 0.6) is 0 Å². The minimum atomic E-state index is 0.541. The second-order valence-electron chi connectivity index (χ2n) is 4.66. The highest BCUT2D eigenvalue weighted by Crippen LogP contribution is 2.32. The van der Waals surface area contributed by atoms with Crippen LogP contribution in [0.2, 0.25) is 0 Å². The van der Waals surface area contributed by atoms with E-state index in [9.17, 15) is 0 Å². The molecule has 1 unspecified atom stereocenters. The lowest BCUT2D eigenvalue weighted by Crippen LogP contribution is -2.02. The average molecular weight is 223 g/mol. The summed E-state index contributed by atoms with van der Waals surface area (Å²) in [5.41, 5.74) is 2.70. The number of benzene rings is 2. The Morgan fingerprint density at radius 1 is 0.882 bits per heavy atom. The molecule has 0 aliphatic rings. The minimum absolute atomic E-state index is 0.541. The lowest BCUT2D eigenvalue weighted by atomic mass is 10.2. The molecule has 0 aliphatic heterocycles. The molecule has 3 rings (SSSR count). The number of hydrogen-bond donors (Lipinski definition) is 0. The lowest BCUT2D eigenvalue weighted by Gasteiger charge is -2.14. The van der Waals surface area contributed by atoms with Crippen LogP contribution in [0.4, 0.5) is 0 Å². The molecule has 0 saturated carbocycles. The maximum Gasteiger partial charge on any atom is 0.0493 e. The van der Waals surface area contributed by atoms with Crippen LogP contribution in [-0.2, 0) is 0 Å². The van der Waals surface area contributed by atoms with Crippen LogP contribution in [0.25, 0.3) is 21.8 Å². The monoisotopic (exact) mass is 223 g/mol. The van der Waals surface area contributed by atoms with E-state index in [2.05, 4.69) is 66.9 Å². The Balaban J connectivity index is 2.50. The molecule has 1 nitrogen and oxygen atoms in total. The molecule has 1 heteroatoms. The van der Waals surface area contributed by atoms with Crippen molar-refractivity contribution in [3.63, 3.8) is 0 Å². The first-order valence-electron chi connectivity index (χ1n) is 6.30. The molecule has 0 radical (unpaired) electrons. The van der Waals surface area contributed by atoms with Gasteiger partial charge in [-0.05, 0) is 25.5 Å². The lowest BCUT2D eigenvalue weighted by molar-refractivity contribution is 0.563. The van der Waals surface area contributed by atoms with Gasteiger partial charge in [0.1, 0.15) is 0 Å². The molecule has 0 fully saturated rings. The Bertz CT molecular complexity index is 610. The molecule has 2 aromatic carbocycles. The Morgan fingerprint density at radius 3 is 1.82 bits per heavy atom. The quantitative estimate of drug-likeness (QED) is 0.590. The third kappa shape index (κ3) is 1.46. The van der Waals surface area contributed by atoms with Gasteiger partial charge in [-0.2, -0.15) is 0 Å². The van der Waals surface area contributed by atoms with Crippen molar-refractivity contribution in [2.45, 2.75) is 26.3 Å². The van der Waals surface area contributed by atoms with E-state index in [1.165, 1.54) is 21.8 Å². The first kappa shape index (κ1) is 10.4. The average Bonchev–Trinajstić information content (AvgIpc) is 2.72. The summed E-state index contributed by atoms with van der Waals surface area (Å²) in [6.07, 6.45) is 1.16. The smallest absolute Gasteiger partial charge is 0.0493 e. The molecule has 0 N–H and O–H groups in total. The van der Waals surface area contributed by atoms with Gasteiger partial charge in [0.25, 0.3) is 0 Å². The molecular weight excluding hydrogens is 206 g/mol. The highest BCUT2D eigenvalue weighted by atomic mass is 15.0. The molecule has 0 saturated heterocycles. The number of para-hydroxylation sites is 2. The fourth-order valence-corrected chi connectivity index (χ4v) is 2.61. The summed E-state index contributed by atoms with van der Waals surface area (Å²) in [5.74, 6) is 0. The van der Waals surface area contributed by atoms with Crippen LogP contribution in [0, 0.1) is 0 Å². The van der Waals surface area contributed by atoms with Crippen molar-refractivity contribution in [2.75, 3.05) is 0 Å². The van der Waals surface area contributed by atoms with E-state index in [0.29, 0.717) is 6.04 Å². The van der Waals surface area contributed by atoms with E-state index < -0.39 is 0 Å². The highest BCUT2D eigenvalue weighted by molar-refractivity contribution is 6.08. The standard InChI is InChI=1S/C16H17N/c1-3-12(2)17-15-10-6-4-8-13(15)14-9-5-7-11-16(14)17/h4-12H,3H2,1-2H3. The van der Waals surface area contributed by atoms with Gasteiger partial charge in [0.15, 0.2) is 0 Å². The Hall–Kier alpha value is -1.76. The van der Waals surface area contributed by atoms with Crippen LogP contribution in [0.15, 0.2) is 48.5 Å². The molecule has 1 atom stereocenters. The van der Waals surface area contributed by atoms with Crippen LogP contribution in [0.1, 0.15) is 26.3 Å². The van der Waals surface area contributed by atoms with Crippen LogP contribution in [-0.4, -0.2) is 4.57 Å². The number of fused-ring (bicyclic) bond motifs is 3. The summed E-state index contributed by atoms with van der Waals surface area (Å²) in [6.45, 7) is 4.53. The van der Waals surface area contributed by atoms with Gasteiger partial charge in [-0.25, -0.2) is 0 Å². The Kier molecular flexibility index (Phi) is 2.40. The second kappa shape index (κ2) is 3.92. The van der Waals surface area contributed by atoms with E-state index in [1.807, 2.05) is 0 Å². The first-order chi connectivity index (χ1) is 8.33. The zero-order valence-corrected chi connectivity index (χ0v) is 10.4. The molecule has 0 aliphatic carbocycles. The maximum absolute atomic E-state index is 2.46. The molecule has 0 amide bonds. The molecule has 0 spiro atoms. The molecule has 0 bridgehead atoms. The third-order valence-corrected chi connectivity index (χ3v) is 3.65. The number of hydrogen-bond acceptors (Lipinski definition) is 0. The molecule has 17 heavy (non-hydrogen) atoms. The van der Waals surface area contributed by atoms with E-state index in [4.69, 9.17) is 0 Å². The summed E-state index contributed by atoms with van der Waals surface area (Å²) in [4.78, 5) is 0. The fraction of sp³-hybridized carbons (Fsp3) is 0.250. The van der Waals surface area contributed by atoms with Crippen molar-refractivity contribution in [2.24, 2.45) is 0 Å². The topological polar surface area (TPSA) is 4.93 Å². The van der Waals surface area contributed by atoms with Gasteiger partial charge in [0.2, 0.25) is 0 Å². The fourth-order valence-electron chi connectivity index (χ4n) is 2.61. The number of rotatable bonds is 2. The van der Waals surface area contributed by atoms with Gasteiger partial charge >= 0.3 is 0 Å². The Morgan fingerprint density at radius 2 is 1.35 bits per heavy atom. The van der Waals surface area contributed by atoms with Gasteiger partial charge in [0, 0.05) is 27.8 Å². The molecule has 86 valence electrons. The van der Waals surface area contributed by atoms with E-state index in [-0.39, 0.29) is 0 Å². The van der Waals surface area contributed by atoms with Gasteiger partial charge in [-0.15, -0.1) is 0 Å². The van der Waals surface area contributed by atoms with E-state index in [0.717, 1.165) is 6.42 Å². The molecule has 3 aromatic rings. The van der Waals surface area contributed by atoms with Crippen molar-refractivity contribution >= 4 is 21.8 Å². The van der Waals surface area contributed by atoms with Crippen LogP contribution >= 0.6 is 0 Å². The van der Waals surface area contributed by atoms with Gasteiger partial charge < -0.3 is 4.57 Å².